The van der Waals surface area contributed by atoms with E-state index >= 15 is 0 Å². The number of guanidine groups is 1. The average molecular weight is 296 g/mol. The van der Waals surface area contributed by atoms with Gasteiger partial charge in [-0.2, -0.15) is 0 Å². The number of carbonyl (C=O) groups is 1. The van der Waals surface area contributed by atoms with Crippen molar-refractivity contribution in [2.24, 2.45) is 10.7 Å². The molecule has 0 fully saturated rings. The molecule has 0 saturated heterocycles. The van der Waals surface area contributed by atoms with Gasteiger partial charge in [0.05, 0.1) is 6.54 Å². The van der Waals surface area contributed by atoms with Gasteiger partial charge in [-0.1, -0.05) is 24.3 Å². The monoisotopic (exact) mass is 296 g/mol. The normalized spacial score (nSPS) is 11.1. The summed E-state index contributed by atoms with van der Waals surface area (Å²) < 4.78 is 0. The Balaban J connectivity index is 1.97. The number of nitrogens with two attached hydrogens (primary N) is 1. The molecule has 2 rings (SSSR count). The van der Waals surface area contributed by atoms with E-state index in [4.69, 9.17) is 5.73 Å². The van der Waals surface area contributed by atoms with Crippen molar-refractivity contribution in [1.82, 2.24) is 5.32 Å². The summed E-state index contributed by atoms with van der Waals surface area (Å²) in [6.07, 6.45) is 0. The topological polar surface area (TPSA) is 79.5 Å². The molecule has 0 atom stereocenters. The van der Waals surface area contributed by atoms with E-state index < -0.39 is 0 Å². The second-order valence-corrected chi connectivity index (χ2v) is 4.97. The molecule has 5 nitrogen and oxygen atoms in total. The number of benzene rings is 2. The van der Waals surface area contributed by atoms with Crippen LogP contribution in [0.2, 0.25) is 0 Å². The van der Waals surface area contributed by atoms with E-state index in [1.165, 1.54) is 0 Å². The number of aliphatic imine (C=N–C) groups is 1. The standard InChI is InChI=1S/C17H20N4O/c1-12-4-3-5-15(10-12)21-17(18)20-11-13-6-8-14(9-7-13)16(22)19-2/h3-10H,11H2,1-2H3,(H,19,22)(H3,18,20,21). The van der Waals surface area contributed by atoms with Gasteiger partial charge in [-0.05, 0) is 42.3 Å². The molecule has 1 amide bonds. The molecule has 0 aromatic heterocycles. The van der Waals surface area contributed by atoms with Gasteiger partial charge in [-0.3, -0.25) is 4.79 Å². The molecule has 114 valence electrons. The Bertz CT molecular complexity index is 677. The van der Waals surface area contributed by atoms with E-state index in [1.807, 2.05) is 43.3 Å². The fourth-order valence-electron chi connectivity index (χ4n) is 1.99. The van der Waals surface area contributed by atoms with Gasteiger partial charge in [0, 0.05) is 18.3 Å². The third kappa shape index (κ3) is 4.34. The Labute approximate surface area is 130 Å². The molecule has 0 bridgehead atoms. The Hall–Kier alpha value is -2.82. The Morgan fingerprint density at radius 1 is 1.18 bits per heavy atom. The molecule has 2 aromatic carbocycles. The zero-order valence-corrected chi connectivity index (χ0v) is 12.8. The molecule has 0 aliphatic heterocycles. The van der Waals surface area contributed by atoms with Crippen LogP contribution in [0.1, 0.15) is 21.5 Å². The zero-order valence-electron chi connectivity index (χ0n) is 12.8. The summed E-state index contributed by atoms with van der Waals surface area (Å²) in [5, 5.41) is 5.64. The van der Waals surface area contributed by atoms with E-state index in [1.54, 1.807) is 19.2 Å². The first-order chi connectivity index (χ1) is 10.6. The fraction of sp³-hybridized carbons (Fsp3) is 0.176. The van der Waals surface area contributed by atoms with E-state index in [-0.39, 0.29) is 5.91 Å². The maximum atomic E-state index is 11.5. The number of hydrogen-bond acceptors (Lipinski definition) is 2. The van der Waals surface area contributed by atoms with Gasteiger partial charge in [-0.15, -0.1) is 0 Å². The average Bonchev–Trinajstić information content (AvgIpc) is 2.52. The quantitative estimate of drug-likeness (QED) is 0.598. The van der Waals surface area contributed by atoms with Crippen molar-refractivity contribution in [3.8, 4) is 0 Å². The number of anilines is 1. The summed E-state index contributed by atoms with van der Waals surface area (Å²) in [6.45, 7) is 2.48. The summed E-state index contributed by atoms with van der Waals surface area (Å²) in [6, 6.07) is 15.2. The van der Waals surface area contributed by atoms with Crippen LogP contribution in [0.5, 0.6) is 0 Å². The molecule has 5 heteroatoms. The first-order valence-electron chi connectivity index (χ1n) is 7.03. The lowest BCUT2D eigenvalue weighted by molar-refractivity contribution is 0.0963. The largest absolute Gasteiger partial charge is 0.370 e. The van der Waals surface area contributed by atoms with Gasteiger partial charge >= 0.3 is 0 Å². The van der Waals surface area contributed by atoms with Crippen LogP contribution in [0.3, 0.4) is 0 Å². The van der Waals surface area contributed by atoms with Crippen molar-refractivity contribution in [3.63, 3.8) is 0 Å². The van der Waals surface area contributed by atoms with Crippen LogP contribution in [0, 0.1) is 6.92 Å². The van der Waals surface area contributed by atoms with Crippen LogP contribution >= 0.6 is 0 Å². The van der Waals surface area contributed by atoms with Crippen LogP contribution in [0.25, 0.3) is 0 Å². The van der Waals surface area contributed by atoms with Gasteiger partial charge in [0.2, 0.25) is 0 Å². The summed E-state index contributed by atoms with van der Waals surface area (Å²) in [5.41, 5.74) is 9.56. The molecule has 0 unspecified atom stereocenters. The smallest absolute Gasteiger partial charge is 0.251 e. The van der Waals surface area contributed by atoms with Crippen molar-refractivity contribution in [2.45, 2.75) is 13.5 Å². The van der Waals surface area contributed by atoms with Gasteiger partial charge in [0.1, 0.15) is 0 Å². The number of aryl methyl sites for hydroxylation is 1. The molecule has 0 spiro atoms. The van der Waals surface area contributed by atoms with Gasteiger partial charge < -0.3 is 16.4 Å². The minimum atomic E-state index is -0.101. The number of amides is 1. The predicted molar refractivity (Wildman–Crippen MR) is 90.0 cm³/mol. The van der Waals surface area contributed by atoms with Crippen molar-refractivity contribution in [1.29, 1.82) is 0 Å². The van der Waals surface area contributed by atoms with Crippen molar-refractivity contribution >= 4 is 17.6 Å². The third-order valence-electron chi connectivity index (χ3n) is 3.17. The second kappa shape index (κ2) is 7.26. The van der Waals surface area contributed by atoms with E-state index in [0.29, 0.717) is 18.1 Å². The van der Waals surface area contributed by atoms with Gasteiger partial charge in [0.15, 0.2) is 5.96 Å². The van der Waals surface area contributed by atoms with E-state index in [2.05, 4.69) is 15.6 Å². The van der Waals surface area contributed by atoms with E-state index in [0.717, 1.165) is 16.8 Å². The Morgan fingerprint density at radius 3 is 2.55 bits per heavy atom. The third-order valence-corrected chi connectivity index (χ3v) is 3.17. The maximum Gasteiger partial charge on any atom is 0.251 e. The highest BCUT2D eigenvalue weighted by Crippen LogP contribution is 2.09. The molecule has 0 saturated carbocycles. The predicted octanol–water partition coefficient (Wildman–Crippen LogP) is 2.28. The fourth-order valence-corrected chi connectivity index (χ4v) is 1.99. The highest BCUT2D eigenvalue weighted by Gasteiger charge is 2.02. The van der Waals surface area contributed by atoms with Crippen LogP contribution in [-0.2, 0) is 6.54 Å². The van der Waals surface area contributed by atoms with Crippen LogP contribution in [-0.4, -0.2) is 18.9 Å². The molecule has 0 aliphatic carbocycles. The van der Waals surface area contributed by atoms with Crippen LogP contribution in [0.15, 0.2) is 53.5 Å². The first-order valence-corrected chi connectivity index (χ1v) is 7.03. The molecular formula is C17H20N4O. The number of nitrogens with zero attached hydrogens (tertiary/aromatic N) is 1. The molecule has 22 heavy (non-hydrogen) atoms. The molecular weight excluding hydrogens is 276 g/mol. The molecule has 0 heterocycles. The zero-order chi connectivity index (χ0) is 15.9. The number of carbonyl (C=O) groups excluding carboxylic acids is 1. The molecule has 2 aromatic rings. The minimum absolute atomic E-state index is 0.101. The van der Waals surface area contributed by atoms with Crippen LogP contribution < -0.4 is 16.4 Å². The molecule has 0 aliphatic rings. The lowest BCUT2D eigenvalue weighted by Crippen LogP contribution is -2.22. The number of nitrogens with one attached hydrogen (secondary N) is 2. The summed E-state index contributed by atoms with van der Waals surface area (Å²) >= 11 is 0. The van der Waals surface area contributed by atoms with Gasteiger partial charge in [0.25, 0.3) is 5.91 Å². The highest BCUT2D eigenvalue weighted by molar-refractivity contribution is 5.94. The van der Waals surface area contributed by atoms with Crippen LogP contribution in [0.4, 0.5) is 5.69 Å². The molecule has 4 N–H and O–H groups in total. The lowest BCUT2D eigenvalue weighted by atomic mass is 10.1. The van der Waals surface area contributed by atoms with Crippen molar-refractivity contribution in [3.05, 3.63) is 65.2 Å². The summed E-state index contributed by atoms with van der Waals surface area (Å²) in [4.78, 5) is 15.7. The highest BCUT2D eigenvalue weighted by atomic mass is 16.1. The van der Waals surface area contributed by atoms with Gasteiger partial charge in [-0.25, -0.2) is 4.99 Å². The van der Waals surface area contributed by atoms with Crippen molar-refractivity contribution in [2.75, 3.05) is 12.4 Å². The van der Waals surface area contributed by atoms with Crippen molar-refractivity contribution < 1.29 is 4.79 Å². The Morgan fingerprint density at radius 2 is 1.91 bits per heavy atom. The lowest BCUT2D eigenvalue weighted by Gasteiger charge is -2.06. The second-order valence-electron chi connectivity index (χ2n) is 4.97. The Kier molecular flexibility index (Phi) is 5.14. The molecule has 0 radical (unpaired) electrons. The summed E-state index contributed by atoms with van der Waals surface area (Å²) in [5.74, 6) is 0.261. The van der Waals surface area contributed by atoms with E-state index in [9.17, 15) is 4.79 Å². The number of rotatable bonds is 4. The maximum absolute atomic E-state index is 11.5. The minimum Gasteiger partial charge on any atom is -0.370 e. The number of hydrogen-bond donors (Lipinski definition) is 3. The SMILES string of the molecule is CNC(=O)c1ccc(CN=C(N)Nc2cccc(C)c2)cc1. The summed E-state index contributed by atoms with van der Waals surface area (Å²) in [7, 11) is 1.61. The first kappa shape index (κ1) is 15.6.